The van der Waals surface area contributed by atoms with Gasteiger partial charge in [0.2, 0.25) is 0 Å². The second-order valence-corrected chi connectivity index (χ2v) is 10.6. The lowest BCUT2D eigenvalue weighted by Crippen LogP contribution is -2.20. The van der Waals surface area contributed by atoms with Gasteiger partial charge in [0, 0.05) is 31.3 Å². The summed E-state index contributed by atoms with van der Waals surface area (Å²) in [5.74, 6) is 0.309. The molecule has 12 heteroatoms. The Morgan fingerprint density at radius 3 is 2.40 bits per heavy atom. The SMILES string of the molecule is O=C(CSc1nnc(-c2ccc(Cl)cc2)n1-c1ccc(Cl)cc1)NN=Cc1cc(Br)cc(Br)c1O. The van der Waals surface area contributed by atoms with Gasteiger partial charge in [0.1, 0.15) is 5.75 Å². The van der Waals surface area contributed by atoms with Gasteiger partial charge < -0.3 is 5.11 Å². The van der Waals surface area contributed by atoms with Crippen LogP contribution in [-0.2, 0) is 4.79 Å². The number of nitrogens with zero attached hydrogens (tertiary/aromatic N) is 4. The summed E-state index contributed by atoms with van der Waals surface area (Å²) in [6, 6.07) is 17.9. The van der Waals surface area contributed by atoms with Crippen LogP contribution in [0.2, 0.25) is 10.0 Å². The van der Waals surface area contributed by atoms with E-state index in [-0.39, 0.29) is 17.4 Å². The maximum absolute atomic E-state index is 12.4. The zero-order valence-electron chi connectivity index (χ0n) is 17.6. The second kappa shape index (κ2) is 11.6. The number of aromatic nitrogens is 3. The Balaban J connectivity index is 1.51. The molecule has 1 heterocycles. The fraction of sp³-hybridized carbons (Fsp3) is 0.0435. The molecule has 0 aliphatic heterocycles. The highest BCUT2D eigenvalue weighted by molar-refractivity contribution is 9.11. The number of hydrogen-bond acceptors (Lipinski definition) is 6. The quantitative estimate of drug-likeness (QED) is 0.131. The van der Waals surface area contributed by atoms with Crippen molar-refractivity contribution in [3.8, 4) is 22.8 Å². The number of nitrogens with one attached hydrogen (secondary N) is 1. The van der Waals surface area contributed by atoms with Crippen LogP contribution >= 0.6 is 66.8 Å². The van der Waals surface area contributed by atoms with Gasteiger partial charge >= 0.3 is 0 Å². The Hall–Kier alpha value is -2.37. The maximum atomic E-state index is 12.4. The molecule has 4 rings (SSSR count). The lowest BCUT2D eigenvalue weighted by Gasteiger charge is -2.10. The van der Waals surface area contributed by atoms with Gasteiger partial charge in [-0.2, -0.15) is 5.10 Å². The van der Waals surface area contributed by atoms with Crippen molar-refractivity contribution in [1.82, 2.24) is 20.2 Å². The number of amides is 1. The van der Waals surface area contributed by atoms with Gasteiger partial charge in [-0.15, -0.1) is 10.2 Å². The van der Waals surface area contributed by atoms with Gasteiger partial charge in [-0.25, -0.2) is 5.43 Å². The first-order valence-electron chi connectivity index (χ1n) is 9.92. The minimum absolute atomic E-state index is 0.0198. The smallest absolute Gasteiger partial charge is 0.250 e. The number of hydrazone groups is 1. The maximum Gasteiger partial charge on any atom is 0.250 e. The van der Waals surface area contributed by atoms with Crippen molar-refractivity contribution in [2.45, 2.75) is 5.16 Å². The first kappa shape index (κ1) is 25.7. The molecular formula is C23H15Br2Cl2N5O2S. The van der Waals surface area contributed by atoms with E-state index < -0.39 is 0 Å². The highest BCUT2D eigenvalue weighted by Crippen LogP contribution is 2.31. The summed E-state index contributed by atoms with van der Waals surface area (Å²) in [6.07, 6.45) is 1.36. The predicted molar refractivity (Wildman–Crippen MR) is 147 cm³/mol. The third kappa shape index (κ3) is 6.45. The first-order chi connectivity index (χ1) is 16.8. The van der Waals surface area contributed by atoms with Crippen molar-refractivity contribution in [3.63, 3.8) is 0 Å². The number of carbonyl (C=O) groups excluding carboxylic acids is 1. The largest absolute Gasteiger partial charge is 0.506 e. The summed E-state index contributed by atoms with van der Waals surface area (Å²) in [5.41, 5.74) is 4.51. The number of phenols is 1. The lowest BCUT2D eigenvalue weighted by molar-refractivity contribution is -0.118. The Morgan fingerprint density at radius 1 is 1.06 bits per heavy atom. The number of carbonyl (C=O) groups is 1. The van der Waals surface area contributed by atoms with Crippen LogP contribution in [0.25, 0.3) is 17.1 Å². The third-order valence-corrected chi connectivity index (χ3v) is 7.10. The molecule has 0 atom stereocenters. The number of aromatic hydroxyl groups is 1. The first-order valence-corrected chi connectivity index (χ1v) is 13.2. The van der Waals surface area contributed by atoms with Gasteiger partial charge in [-0.1, -0.05) is 50.9 Å². The van der Waals surface area contributed by atoms with Crippen LogP contribution < -0.4 is 5.43 Å². The molecule has 4 aromatic rings. The van der Waals surface area contributed by atoms with E-state index in [1.807, 2.05) is 28.8 Å². The van der Waals surface area contributed by atoms with Crippen molar-refractivity contribution in [2.75, 3.05) is 5.75 Å². The molecule has 2 N–H and O–H groups in total. The summed E-state index contributed by atoms with van der Waals surface area (Å²) in [5, 5.41) is 24.4. The van der Waals surface area contributed by atoms with Gasteiger partial charge in [-0.3, -0.25) is 9.36 Å². The van der Waals surface area contributed by atoms with Gasteiger partial charge in [0.05, 0.1) is 16.4 Å². The van der Waals surface area contributed by atoms with E-state index >= 15 is 0 Å². The summed E-state index contributed by atoms with van der Waals surface area (Å²) in [7, 11) is 0. The fourth-order valence-corrected chi connectivity index (χ4v) is 5.25. The fourth-order valence-electron chi connectivity index (χ4n) is 2.99. The molecular weight excluding hydrogens is 641 g/mol. The number of hydrogen-bond donors (Lipinski definition) is 2. The molecule has 0 bridgehead atoms. The van der Waals surface area contributed by atoms with Crippen LogP contribution in [0.1, 0.15) is 5.56 Å². The Morgan fingerprint density at radius 2 is 1.71 bits per heavy atom. The van der Waals surface area contributed by atoms with Gasteiger partial charge in [0.15, 0.2) is 11.0 Å². The molecule has 0 fully saturated rings. The van der Waals surface area contributed by atoms with Crippen molar-refractivity contribution >= 4 is 78.9 Å². The average molecular weight is 656 g/mol. The van der Waals surface area contributed by atoms with E-state index in [2.05, 4.69) is 52.6 Å². The molecule has 0 aliphatic carbocycles. The van der Waals surface area contributed by atoms with E-state index in [4.69, 9.17) is 23.2 Å². The van der Waals surface area contributed by atoms with Crippen LogP contribution in [0.15, 0.2) is 79.9 Å². The van der Waals surface area contributed by atoms with E-state index in [1.54, 1.807) is 36.4 Å². The standard InChI is InChI=1S/C23H15Br2Cl2N5O2S/c24-15-9-14(21(34)19(25)10-15)11-28-29-20(33)12-35-23-31-30-22(13-1-3-16(26)4-2-13)32(23)18-7-5-17(27)6-8-18/h1-11,34H,12H2,(H,29,33). The van der Waals surface area contributed by atoms with Gasteiger partial charge in [0.25, 0.3) is 5.91 Å². The second-order valence-electron chi connectivity index (χ2n) is 7.03. The van der Waals surface area contributed by atoms with E-state index in [9.17, 15) is 9.90 Å². The summed E-state index contributed by atoms with van der Waals surface area (Å²) >= 11 is 19.9. The van der Waals surface area contributed by atoms with Crippen LogP contribution in [0.4, 0.5) is 0 Å². The van der Waals surface area contributed by atoms with Crippen LogP contribution in [0.3, 0.4) is 0 Å². The molecule has 178 valence electrons. The van der Waals surface area contributed by atoms with Crippen molar-refractivity contribution < 1.29 is 9.90 Å². The molecule has 0 saturated carbocycles. The van der Waals surface area contributed by atoms with Crippen molar-refractivity contribution in [1.29, 1.82) is 0 Å². The minimum Gasteiger partial charge on any atom is -0.506 e. The molecule has 0 unspecified atom stereocenters. The third-order valence-electron chi connectivity index (χ3n) is 4.60. The Labute approximate surface area is 231 Å². The van der Waals surface area contributed by atoms with Crippen molar-refractivity contribution in [2.24, 2.45) is 5.10 Å². The topological polar surface area (TPSA) is 92.4 Å². The summed E-state index contributed by atoms with van der Waals surface area (Å²) in [6.45, 7) is 0. The molecule has 1 amide bonds. The van der Waals surface area contributed by atoms with Crippen LogP contribution in [0.5, 0.6) is 5.75 Å². The Bertz CT molecular complexity index is 1400. The van der Waals surface area contributed by atoms with Crippen LogP contribution in [0, 0.1) is 0 Å². The molecule has 0 saturated heterocycles. The molecule has 1 aromatic heterocycles. The number of phenolic OH excluding ortho intramolecular Hbond substituents is 1. The molecule has 0 aliphatic rings. The molecule has 7 nitrogen and oxygen atoms in total. The minimum atomic E-state index is -0.349. The molecule has 35 heavy (non-hydrogen) atoms. The highest BCUT2D eigenvalue weighted by atomic mass is 79.9. The highest BCUT2D eigenvalue weighted by Gasteiger charge is 2.17. The number of benzene rings is 3. The number of halogens is 4. The van der Waals surface area contributed by atoms with Gasteiger partial charge in [-0.05, 0) is 76.6 Å². The molecule has 3 aromatic carbocycles. The van der Waals surface area contributed by atoms with E-state index in [0.717, 1.165) is 15.7 Å². The summed E-state index contributed by atoms with van der Waals surface area (Å²) in [4.78, 5) is 12.4. The summed E-state index contributed by atoms with van der Waals surface area (Å²) < 4.78 is 3.11. The van der Waals surface area contributed by atoms with Crippen LogP contribution in [-0.4, -0.2) is 37.7 Å². The number of rotatable bonds is 7. The number of thioether (sulfide) groups is 1. The van der Waals surface area contributed by atoms with E-state index in [1.165, 1.54) is 18.0 Å². The lowest BCUT2D eigenvalue weighted by atomic mass is 10.2. The molecule has 0 spiro atoms. The molecule has 0 radical (unpaired) electrons. The van der Waals surface area contributed by atoms with E-state index in [0.29, 0.717) is 31.1 Å². The van der Waals surface area contributed by atoms with Crippen molar-refractivity contribution in [3.05, 3.63) is 85.2 Å². The zero-order chi connectivity index (χ0) is 24.9. The normalized spacial score (nSPS) is 11.2. The predicted octanol–water partition coefficient (Wildman–Crippen LogP) is 6.71. The monoisotopic (exact) mass is 653 g/mol. The zero-order valence-corrected chi connectivity index (χ0v) is 23.1. The Kier molecular flexibility index (Phi) is 8.51. The average Bonchev–Trinajstić information content (AvgIpc) is 3.25.